The fourth-order valence-corrected chi connectivity index (χ4v) is 3.58. The number of halogens is 1. The molecule has 0 saturated heterocycles. The van der Waals surface area contributed by atoms with Crippen molar-refractivity contribution in [3.8, 4) is 5.75 Å². The standard InChI is InChI=1S/C22H19ClN4O2S/c23-16-10-12-17(13-11-16)29-15-14-27-20-9-5-4-8-19(20)24-21(27)25-22(28)26-30-18-6-2-1-3-7-18/h1-13H,14-15H2,(H2,24,25,26,28). The smallest absolute Gasteiger partial charge is 0.331 e. The van der Waals surface area contributed by atoms with Gasteiger partial charge in [-0.2, -0.15) is 0 Å². The van der Waals surface area contributed by atoms with Crippen LogP contribution < -0.4 is 14.8 Å². The number of carbonyl (C=O) groups is 1. The van der Waals surface area contributed by atoms with E-state index >= 15 is 0 Å². The summed E-state index contributed by atoms with van der Waals surface area (Å²) >= 11 is 7.15. The van der Waals surface area contributed by atoms with Gasteiger partial charge in [0.05, 0.1) is 17.6 Å². The lowest BCUT2D eigenvalue weighted by Gasteiger charge is -2.12. The Hall–Kier alpha value is -3.16. The predicted molar refractivity (Wildman–Crippen MR) is 121 cm³/mol. The average Bonchev–Trinajstić information content (AvgIpc) is 3.11. The van der Waals surface area contributed by atoms with Crippen molar-refractivity contribution in [1.29, 1.82) is 0 Å². The Morgan fingerprint density at radius 3 is 2.53 bits per heavy atom. The van der Waals surface area contributed by atoms with Crippen LogP contribution in [0.15, 0.2) is 83.8 Å². The molecule has 0 spiro atoms. The molecule has 0 bridgehead atoms. The fraction of sp³-hybridized carbons (Fsp3) is 0.0909. The maximum Gasteiger partial charge on any atom is 0.331 e. The summed E-state index contributed by atoms with van der Waals surface area (Å²) in [5.74, 6) is 1.19. The molecule has 2 N–H and O–H groups in total. The minimum absolute atomic E-state index is 0.348. The van der Waals surface area contributed by atoms with Crippen molar-refractivity contribution < 1.29 is 9.53 Å². The molecule has 0 radical (unpaired) electrons. The number of hydrogen-bond acceptors (Lipinski definition) is 4. The first kappa shape index (κ1) is 20.1. The van der Waals surface area contributed by atoms with Gasteiger partial charge in [0.2, 0.25) is 5.95 Å². The molecule has 0 aliphatic carbocycles. The molecule has 0 saturated carbocycles. The molecule has 0 atom stereocenters. The number of imidazole rings is 1. The van der Waals surface area contributed by atoms with Gasteiger partial charge in [0.1, 0.15) is 12.4 Å². The monoisotopic (exact) mass is 438 g/mol. The van der Waals surface area contributed by atoms with Crippen molar-refractivity contribution in [3.05, 3.63) is 83.9 Å². The zero-order valence-electron chi connectivity index (χ0n) is 15.9. The highest BCUT2D eigenvalue weighted by molar-refractivity contribution is 7.98. The van der Waals surface area contributed by atoms with Gasteiger partial charge in [-0.05, 0) is 60.5 Å². The minimum Gasteiger partial charge on any atom is -0.492 e. The topological polar surface area (TPSA) is 68.2 Å². The van der Waals surface area contributed by atoms with Crippen LogP contribution in [0.3, 0.4) is 0 Å². The van der Waals surface area contributed by atoms with Gasteiger partial charge in [0.25, 0.3) is 0 Å². The van der Waals surface area contributed by atoms with Crippen LogP contribution in [0.25, 0.3) is 11.0 Å². The molecule has 0 aliphatic heterocycles. The van der Waals surface area contributed by atoms with Crippen LogP contribution in [0, 0.1) is 0 Å². The summed E-state index contributed by atoms with van der Waals surface area (Å²) in [6, 6.07) is 24.2. The molecule has 2 amide bonds. The summed E-state index contributed by atoms with van der Waals surface area (Å²) in [6.45, 7) is 0.932. The summed E-state index contributed by atoms with van der Waals surface area (Å²) in [5.41, 5.74) is 1.72. The lowest BCUT2D eigenvalue weighted by atomic mass is 10.3. The molecule has 0 fully saturated rings. The van der Waals surface area contributed by atoms with Crippen LogP contribution in [0.5, 0.6) is 5.75 Å². The predicted octanol–water partition coefficient (Wildman–Crippen LogP) is 5.60. The number of para-hydroxylation sites is 2. The Labute approximate surface area is 183 Å². The molecule has 0 aliphatic rings. The van der Waals surface area contributed by atoms with Crippen LogP contribution in [0.1, 0.15) is 0 Å². The number of hydrogen-bond donors (Lipinski definition) is 2. The second kappa shape index (κ2) is 9.56. The molecule has 8 heteroatoms. The number of nitrogens with zero attached hydrogens (tertiary/aromatic N) is 2. The Morgan fingerprint density at radius 1 is 1.00 bits per heavy atom. The van der Waals surface area contributed by atoms with E-state index in [-0.39, 0.29) is 6.03 Å². The first-order valence-corrected chi connectivity index (χ1v) is 10.5. The van der Waals surface area contributed by atoms with Gasteiger partial charge in [0.15, 0.2) is 0 Å². The van der Waals surface area contributed by atoms with E-state index in [2.05, 4.69) is 15.0 Å². The second-order valence-electron chi connectivity index (χ2n) is 6.35. The Balaban J connectivity index is 1.44. The zero-order valence-corrected chi connectivity index (χ0v) is 17.5. The van der Waals surface area contributed by atoms with E-state index in [1.165, 1.54) is 11.9 Å². The largest absolute Gasteiger partial charge is 0.492 e. The second-order valence-corrected chi connectivity index (χ2v) is 7.67. The number of rotatable bonds is 7. The molecule has 30 heavy (non-hydrogen) atoms. The molecular formula is C22H19ClN4O2S. The highest BCUT2D eigenvalue weighted by Crippen LogP contribution is 2.21. The van der Waals surface area contributed by atoms with E-state index in [1.807, 2.05) is 71.3 Å². The van der Waals surface area contributed by atoms with Crippen LogP contribution in [0.4, 0.5) is 10.7 Å². The molecule has 0 unspecified atom stereocenters. The van der Waals surface area contributed by atoms with E-state index in [4.69, 9.17) is 16.3 Å². The molecule has 1 heterocycles. The molecular weight excluding hydrogens is 420 g/mol. The average molecular weight is 439 g/mol. The molecule has 152 valence electrons. The molecule has 3 aromatic carbocycles. The fourth-order valence-electron chi connectivity index (χ4n) is 2.90. The number of amides is 2. The Bertz CT molecular complexity index is 1130. The van der Waals surface area contributed by atoms with Crippen molar-refractivity contribution in [2.24, 2.45) is 0 Å². The molecule has 6 nitrogen and oxygen atoms in total. The quantitative estimate of drug-likeness (QED) is 0.369. The maximum atomic E-state index is 12.4. The van der Waals surface area contributed by atoms with Gasteiger partial charge in [-0.15, -0.1) is 0 Å². The Kier molecular flexibility index (Phi) is 6.41. The summed E-state index contributed by atoms with van der Waals surface area (Å²) in [6.07, 6.45) is 0. The number of fused-ring (bicyclic) bond motifs is 1. The first-order chi connectivity index (χ1) is 14.7. The molecule has 1 aromatic heterocycles. The third kappa shape index (κ3) is 5.06. The lowest BCUT2D eigenvalue weighted by Crippen LogP contribution is -2.25. The van der Waals surface area contributed by atoms with Gasteiger partial charge in [-0.3, -0.25) is 10.0 Å². The summed E-state index contributed by atoms with van der Waals surface area (Å²) in [7, 11) is 0. The van der Waals surface area contributed by atoms with Crippen molar-refractivity contribution >= 4 is 46.6 Å². The molecule has 4 rings (SSSR count). The van der Waals surface area contributed by atoms with Crippen molar-refractivity contribution in [2.75, 3.05) is 11.9 Å². The lowest BCUT2D eigenvalue weighted by molar-refractivity contribution is 0.256. The van der Waals surface area contributed by atoms with Crippen molar-refractivity contribution in [1.82, 2.24) is 14.3 Å². The van der Waals surface area contributed by atoms with E-state index in [1.54, 1.807) is 12.1 Å². The normalized spacial score (nSPS) is 10.7. The number of anilines is 1. The van der Waals surface area contributed by atoms with E-state index in [0.29, 0.717) is 24.1 Å². The SMILES string of the molecule is O=C(NSc1ccccc1)Nc1nc2ccccc2n1CCOc1ccc(Cl)cc1. The number of urea groups is 1. The summed E-state index contributed by atoms with van der Waals surface area (Å²) in [4.78, 5) is 17.9. The van der Waals surface area contributed by atoms with Crippen LogP contribution in [-0.4, -0.2) is 22.2 Å². The maximum absolute atomic E-state index is 12.4. The zero-order chi connectivity index (χ0) is 20.8. The minimum atomic E-state index is -0.348. The van der Waals surface area contributed by atoms with E-state index < -0.39 is 0 Å². The molecule has 4 aromatic rings. The number of aromatic nitrogens is 2. The van der Waals surface area contributed by atoms with Gasteiger partial charge < -0.3 is 9.30 Å². The van der Waals surface area contributed by atoms with Gasteiger partial charge in [-0.25, -0.2) is 9.78 Å². The number of benzene rings is 3. The number of ether oxygens (including phenoxy) is 1. The summed E-state index contributed by atoms with van der Waals surface area (Å²) < 4.78 is 10.5. The van der Waals surface area contributed by atoms with E-state index in [0.717, 1.165) is 21.7 Å². The van der Waals surface area contributed by atoms with Gasteiger partial charge in [-0.1, -0.05) is 41.9 Å². The van der Waals surface area contributed by atoms with Crippen molar-refractivity contribution in [3.63, 3.8) is 0 Å². The summed E-state index contributed by atoms with van der Waals surface area (Å²) in [5, 5.41) is 3.50. The van der Waals surface area contributed by atoms with Crippen LogP contribution in [0.2, 0.25) is 5.02 Å². The van der Waals surface area contributed by atoms with Crippen LogP contribution in [-0.2, 0) is 6.54 Å². The third-order valence-corrected chi connectivity index (χ3v) is 5.33. The first-order valence-electron chi connectivity index (χ1n) is 9.31. The van der Waals surface area contributed by atoms with Gasteiger partial charge >= 0.3 is 6.03 Å². The number of nitrogens with one attached hydrogen (secondary N) is 2. The van der Waals surface area contributed by atoms with Crippen LogP contribution >= 0.6 is 23.5 Å². The van der Waals surface area contributed by atoms with Crippen molar-refractivity contribution in [2.45, 2.75) is 11.4 Å². The number of carbonyl (C=O) groups excluding carboxylic acids is 1. The highest BCUT2D eigenvalue weighted by Gasteiger charge is 2.13. The van der Waals surface area contributed by atoms with E-state index in [9.17, 15) is 4.79 Å². The highest BCUT2D eigenvalue weighted by atomic mass is 35.5. The Morgan fingerprint density at radius 2 is 1.73 bits per heavy atom. The van der Waals surface area contributed by atoms with Gasteiger partial charge in [0, 0.05) is 9.92 Å². The third-order valence-electron chi connectivity index (χ3n) is 4.28.